The molecule has 1 aliphatic carbocycles. The van der Waals surface area contributed by atoms with E-state index in [4.69, 9.17) is 4.74 Å². The molecular weight excluding hydrogens is 264 g/mol. The monoisotopic (exact) mass is 288 g/mol. The smallest absolute Gasteiger partial charge is 0.151 e. The van der Waals surface area contributed by atoms with Crippen LogP contribution in [0.2, 0.25) is 0 Å². The molecule has 0 aliphatic heterocycles. The third-order valence-electron chi connectivity index (χ3n) is 4.03. The Bertz CT molecular complexity index is 519. The van der Waals surface area contributed by atoms with E-state index in [0.29, 0.717) is 12.2 Å². The van der Waals surface area contributed by atoms with E-state index in [1.54, 1.807) is 6.08 Å². The van der Waals surface area contributed by atoms with Crippen molar-refractivity contribution >= 4 is 5.57 Å². The SMILES string of the molecule is CCCCCC1(O)C(OC)=CC(c2ccccc2)=CC1O. The van der Waals surface area contributed by atoms with Crippen molar-refractivity contribution in [3.05, 3.63) is 53.8 Å². The van der Waals surface area contributed by atoms with Crippen molar-refractivity contribution in [3.8, 4) is 0 Å². The van der Waals surface area contributed by atoms with Crippen LogP contribution in [-0.2, 0) is 4.74 Å². The van der Waals surface area contributed by atoms with Crippen molar-refractivity contribution in [2.75, 3.05) is 7.11 Å². The number of ether oxygens (including phenoxy) is 1. The summed E-state index contributed by atoms with van der Waals surface area (Å²) in [6.07, 6.45) is 6.05. The zero-order chi connectivity index (χ0) is 15.3. The van der Waals surface area contributed by atoms with Gasteiger partial charge in [-0.05, 0) is 29.7 Å². The van der Waals surface area contributed by atoms with Crippen LogP contribution in [0, 0.1) is 0 Å². The van der Waals surface area contributed by atoms with Crippen molar-refractivity contribution in [1.29, 1.82) is 0 Å². The molecule has 0 radical (unpaired) electrons. The number of benzene rings is 1. The van der Waals surface area contributed by atoms with Crippen LogP contribution in [-0.4, -0.2) is 29.0 Å². The van der Waals surface area contributed by atoms with E-state index in [1.807, 2.05) is 36.4 Å². The van der Waals surface area contributed by atoms with Crippen LogP contribution < -0.4 is 0 Å². The van der Waals surface area contributed by atoms with Gasteiger partial charge in [0.05, 0.1) is 7.11 Å². The maximum absolute atomic E-state index is 10.8. The Morgan fingerprint density at radius 2 is 1.90 bits per heavy atom. The number of allylic oxidation sites excluding steroid dienone is 2. The highest BCUT2D eigenvalue weighted by molar-refractivity contribution is 5.76. The molecule has 0 bridgehead atoms. The number of rotatable bonds is 6. The van der Waals surface area contributed by atoms with E-state index >= 15 is 0 Å². The van der Waals surface area contributed by atoms with Crippen molar-refractivity contribution in [2.45, 2.75) is 44.3 Å². The molecule has 0 heterocycles. The van der Waals surface area contributed by atoms with Crippen molar-refractivity contribution in [3.63, 3.8) is 0 Å². The van der Waals surface area contributed by atoms with Gasteiger partial charge in [-0.1, -0.05) is 56.5 Å². The van der Waals surface area contributed by atoms with Gasteiger partial charge in [0.15, 0.2) is 5.60 Å². The van der Waals surface area contributed by atoms with Gasteiger partial charge in [0.1, 0.15) is 11.9 Å². The Kier molecular flexibility index (Phi) is 5.21. The van der Waals surface area contributed by atoms with Crippen molar-refractivity contribution < 1.29 is 14.9 Å². The van der Waals surface area contributed by atoms with E-state index in [-0.39, 0.29) is 0 Å². The topological polar surface area (TPSA) is 49.7 Å². The summed E-state index contributed by atoms with van der Waals surface area (Å²) >= 11 is 0. The van der Waals surface area contributed by atoms with Gasteiger partial charge in [-0.25, -0.2) is 0 Å². The first-order valence-electron chi connectivity index (χ1n) is 7.55. The van der Waals surface area contributed by atoms with Crippen LogP contribution in [0.1, 0.15) is 38.2 Å². The second-order valence-electron chi connectivity index (χ2n) is 5.53. The fourth-order valence-electron chi connectivity index (χ4n) is 2.73. The minimum Gasteiger partial charge on any atom is -0.498 e. The van der Waals surface area contributed by atoms with Gasteiger partial charge in [0, 0.05) is 0 Å². The number of aliphatic hydroxyl groups excluding tert-OH is 1. The molecule has 2 N–H and O–H groups in total. The predicted molar refractivity (Wildman–Crippen MR) is 84.6 cm³/mol. The van der Waals surface area contributed by atoms with E-state index in [1.165, 1.54) is 7.11 Å². The highest BCUT2D eigenvalue weighted by atomic mass is 16.5. The number of hydrogen-bond acceptors (Lipinski definition) is 3. The molecule has 1 aliphatic rings. The van der Waals surface area contributed by atoms with Crippen LogP contribution in [0.15, 0.2) is 48.2 Å². The molecule has 0 saturated heterocycles. The third-order valence-corrected chi connectivity index (χ3v) is 4.03. The number of aliphatic hydroxyl groups is 2. The van der Waals surface area contributed by atoms with E-state index in [0.717, 1.165) is 30.4 Å². The minimum atomic E-state index is -1.32. The van der Waals surface area contributed by atoms with Crippen LogP contribution in [0.25, 0.3) is 5.57 Å². The molecule has 0 saturated carbocycles. The molecule has 0 aromatic heterocycles. The molecule has 0 amide bonds. The molecule has 2 rings (SSSR count). The van der Waals surface area contributed by atoms with E-state index < -0.39 is 11.7 Å². The fourth-order valence-corrected chi connectivity index (χ4v) is 2.73. The molecule has 2 atom stereocenters. The van der Waals surface area contributed by atoms with E-state index in [9.17, 15) is 10.2 Å². The van der Waals surface area contributed by atoms with Gasteiger partial charge in [-0.2, -0.15) is 0 Å². The van der Waals surface area contributed by atoms with Gasteiger partial charge in [0.2, 0.25) is 0 Å². The van der Waals surface area contributed by atoms with Crippen LogP contribution in [0.4, 0.5) is 0 Å². The number of hydrogen-bond donors (Lipinski definition) is 2. The molecule has 0 spiro atoms. The lowest BCUT2D eigenvalue weighted by Crippen LogP contribution is -2.45. The average Bonchev–Trinajstić information content (AvgIpc) is 2.51. The van der Waals surface area contributed by atoms with E-state index in [2.05, 4.69) is 6.92 Å². The zero-order valence-electron chi connectivity index (χ0n) is 12.7. The summed E-state index contributed by atoms with van der Waals surface area (Å²) in [4.78, 5) is 0. The van der Waals surface area contributed by atoms with Gasteiger partial charge < -0.3 is 14.9 Å². The lowest BCUT2D eigenvalue weighted by molar-refractivity contribution is -0.0641. The standard InChI is InChI=1S/C18H24O3/c1-3-4-8-11-18(20)16(19)12-15(13-17(18)21-2)14-9-6-5-7-10-14/h5-7,9-10,12-13,16,19-20H,3-4,8,11H2,1-2H3. The molecule has 1 aromatic rings. The Labute approximate surface area is 126 Å². The van der Waals surface area contributed by atoms with Crippen LogP contribution in [0.5, 0.6) is 0 Å². The first kappa shape index (κ1) is 15.8. The molecule has 2 unspecified atom stereocenters. The Balaban J connectivity index is 2.26. The third kappa shape index (κ3) is 3.36. The summed E-state index contributed by atoms with van der Waals surface area (Å²) in [6, 6.07) is 9.80. The van der Waals surface area contributed by atoms with Crippen LogP contribution in [0.3, 0.4) is 0 Å². The normalized spacial score (nSPS) is 25.2. The molecule has 1 aromatic carbocycles. The Hall–Kier alpha value is -1.58. The number of unbranched alkanes of at least 4 members (excludes halogenated alkanes) is 2. The second-order valence-corrected chi connectivity index (χ2v) is 5.53. The molecular formula is C18H24O3. The summed E-state index contributed by atoms with van der Waals surface area (Å²) < 4.78 is 5.37. The largest absolute Gasteiger partial charge is 0.498 e. The predicted octanol–water partition coefficient (Wildman–Crippen LogP) is 3.29. The molecule has 3 nitrogen and oxygen atoms in total. The second kappa shape index (κ2) is 6.92. The summed E-state index contributed by atoms with van der Waals surface area (Å²) in [5.41, 5.74) is 0.559. The maximum Gasteiger partial charge on any atom is 0.151 e. The lowest BCUT2D eigenvalue weighted by Gasteiger charge is -2.36. The van der Waals surface area contributed by atoms with Gasteiger partial charge in [0.25, 0.3) is 0 Å². The lowest BCUT2D eigenvalue weighted by atomic mass is 9.81. The first-order valence-corrected chi connectivity index (χ1v) is 7.55. The maximum atomic E-state index is 10.8. The zero-order valence-corrected chi connectivity index (χ0v) is 12.7. The summed E-state index contributed by atoms with van der Waals surface area (Å²) in [5, 5.41) is 21.2. The summed E-state index contributed by atoms with van der Waals surface area (Å²) in [6.45, 7) is 2.11. The summed E-state index contributed by atoms with van der Waals surface area (Å²) in [5.74, 6) is 0.437. The quantitative estimate of drug-likeness (QED) is 0.790. The molecule has 21 heavy (non-hydrogen) atoms. The highest BCUT2D eigenvalue weighted by Crippen LogP contribution is 2.36. The summed E-state index contributed by atoms with van der Waals surface area (Å²) in [7, 11) is 1.54. The average molecular weight is 288 g/mol. The fraction of sp³-hybridized carbons (Fsp3) is 0.444. The molecule has 0 fully saturated rings. The van der Waals surface area contributed by atoms with Gasteiger partial charge in [-0.3, -0.25) is 0 Å². The first-order chi connectivity index (χ1) is 10.1. The number of methoxy groups -OCH3 is 1. The minimum absolute atomic E-state index is 0.437. The highest BCUT2D eigenvalue weighted by Gasteiger charge is 2.41. The molecule has 114 valence electrons. The van der Waals surface area contributed by atoms with Gasteiger partial charge in [-0.15, -0.1) is 0 Å². The Morgan fingerprint density at radius 1 is 1.19 bits per heavy atom. The van der Waals surface area contributed by atoms with Gasteiger partial charge >= 0.3 is 0 Å². The van der Waals surface area contributed by atoms with Crippen molar-refractivity contribution in [2.24, 2.45) is 0 Å². The van der Waals surface area contributed by atoms with Crippen LogP contribution >= 0.6 is 0 Å². The Morgan fingerprint density at radius 3 is 2.52 bits per heavy atom. The molecule has 3 heteroatoms. The van der Waals surface area contributed by atoms with Crippen molar-refractivity contribution in [1.82, 2.24) is 0 Å².